The summed E-state index contributed by atoms with van der Waals surface area (Å²) in [5.74, 6) is -0.257. The molecule has 0 aliphatic heterocycles. The molecule has 0 aliphatic carbocycles. The fourth-order valence-electron chi connectivity index (χ4n) is 2.24. The lowest BCUT2D eigenvalue weighted by Crippen LogP contribution is -2.16. The topological polar surface area (TPSA) is 113 Å². The van der Waals surface area contributed by atoms with Crippen LogP contribution in [0.2, 0.25) is 0 Å². The Balaban J connectivity index is 1.99. The van der Waals surface area contributed by atoms with Crippen LogP contribution in [0.4, 0.5) is 5.69 Å². The molecular weight excluding hydrogens is 316 g/mol. The van der Waals surface area contributed by atoms with E-state index in [0.717, 1.165) is 0 Å². The monoisotopic (exact) mass is 328 g/mol. The molecule has 1 aromatic carbocycles. The van der Waals surface area contributed by atoms with Gasteiger partial charge >= 0.3 is 11.4 Å². The number of nitro groups is 1. The zero-order chi connectivity index (χ0) is 17.1. The van der Waals surface area contributed by atoms with Crippen molar-refractivity contribution in [2.45, 2.75) is 6.54 Å². The van der Waals surface area contributed by atoms with E-state index in [1.807, 2.05) is 0 Å². The smallest absolute Gasteiger partial charge is 0.442 e. The highest BCUT2D eigenvalue weighted by Crippen LogP contribution is 2.28. The molecule has 0 bridgehead atoms. The lowest BCUT2D eigenvalue weighted by Gasteiger charge is -2.07. The number of benzene rings is 1. The molecule has 0 unspecified atom stereocenters. The minimum Gasteiger partial charge on any atom is -0.490 e. The molecule has 0 saturated carbocycles. The molecule has 0 atom stereocenters. The third kappa shape index (κ3) is 2.86. The summed E-state index contributed by atoms with van der Waals surface area (Å²) in [6.07, 6.45) is 1.58. The lowest BCUT2D eigenvalue weighted by atomic mass is 10.2. The van der Waals surface area contributed by atoms with Crippen molar-refractivity contribution in [2.24, 2.45) is 0 Å². The number of nitrogens with zero attached hydrogens (tertiary/aromatic N) is 4. The number of methoxy groups -OCH3 is 1. The molecule has 122 valence electrons. The third-order valence-electron chi connectivity index (χ3n) is 3.36. The first-order valence-corrected chi connectivity index (χ1v) is 6.89. The van der Waals surface area contributed by atoms with Gasteiger partial charge in [0.15, 0.2) is 5.75 Å². The number of pyridine rings is 1. The number of hydrogen-bond acceptors (Lipinski definition) is 7. The maximum atomic E-state index is 11.9. The Bertz CT molecular complexity index is 933. The van der Waals surface area contributed by atoms with Crippen molar-refractivity contribution in [3.05, 3.63) is 68.8 Å². The molecule has 0 N–H and O–H groups in total. The number of rotatable bonds is 5. The molecule has 0 spiro atoms. The van der Waals surface area contributed by atoms with Crippen LogP contribution in [0.25, 0.3) is 11.5 Å². The van der Waals surface area contributed by atoms with Gasteiger partial charge in [0, 0.05) is 12.3 Å². The zero-order valence-corrected chi connectivity index (χ0v) is 12.6. The third-order valence-corrected chi connectivity index (χ3v) is 3.36. The second-order valence-corrected chi connectivity index (χ2v) is 4.84. The summed E-state index contributed by atoms with van der Waals surface area (Å²) in [5, 5.41) is 14.7. The number of aromatic nitrogens is 3. The van der Waals surface area contributed by atoms with Gasteiger partial charge < -0.3 is 4.74 Å². The van der Waals surface area contributed by atoms with Crippen molar-refractivity contribution in [2.75, 3.05) is 7.11 Å². The van der Waals surface area contributed by atoms with Gasteiger partial charge in [-0.15, -0.1) is 0 Å². The van der Waals surface area contributed by atoms with Crippen molar-refractivity contribution < 1.29 is 14.2 Å². The average Bonchev–Trinajstić information content (AvgIpc) is 2.96. The SMILES string of the molecule is COc1cc(Cn2c(-c3ccccn3)noc2=O)ccc1[N+](=O)[O-]. The number of hydrogen-bond donors (Lipinski definition) is 0. The fourth-order valence-corrected chi connectivity index (χ4v) is 2.24. The Kier molecular flexibility index (Phi) is 4.06. The normalized spacial score (nSPS) is 10.5. The summed E-state index contributed by atoms with van der Waals surface area (Å²) in [4.78, 5) is 26.5. The minimum absolute atomic E-state index is 0.112. The molecule has 0 radical (unpaired) electrons. The van der Waals surface area contributed by atoms with Crippen molar-refractivity contribution in [3.8, 4) is 17.3 Å². The highest BCUT2D eigenvalue weighted by atomic mass is 16.6. The van der Waals surface area contributed by atoms with E-state index in [1.165, 1.54) is 23.8 Å². The maximum absolute atomic E-state index is 11.9. The van der Waals surface area contributed by atoms with Gasteiger partial charge in [0.25, 0.3) is 0 Å². The first-order valence-electron chi connectivity index (χ1n) is 6.89. The highest BCUT2D eigenvalue weighted by molar-refractivity contribution is 5.50. The van der Waals surface area contributed by atoms with Gasteiger partial charge in [-0.2, -0.15) is 0 Å². The second-order valence-electron chi connectivity index (χ2n) is 4.84. The van der Waals surface area contributed by atoms with Gasteiger partial charge in [0.2, 0.25) is 5.82 Å². The molecule has 2 heterocycles. The van der Waals surface area contributed by atoms with Gasteiger partial charge in [0.1, 0.15) is 5.69 Å². The van der Waals surface area contributed by atoms with Crippen LogP contribution < -0.4 is 10.5 Å². The molecular formula is C15H12N4O5. The van der Waals surface area contributed by atoms with Crippen molar-refractivity contribution >= 4 is 5.69 Å². The van der Waals surface area contributed by atoms with E-state index >= 15 is 0 Å². The van der Waals surface area contributed by atoms with Crippen molar-refractivity contribution in [1.29, 1.82) is 0 Å². The molecule has 0 aliphatic rings. The Labute approximate surface area is 135 Å². The Morgan fingerprint density at radius 2 is 2.17 bits per heavy atom. The van der Waals surface area contributed by atoms with Crippen LogP contribution in [0.5, 0.6) is 5.75 Å². The van der Waals surface area contributed by atoms with Crippen LogP contribution in [0.3, 0.4) is 0 Å². The standard InChI is InChI=1S/C15H12N4O5/c1-23-13-8-10(5-6-12(13)19(21)22)9-18-14(17-24-15(18)20)11-4-2-3-7-16-11/h2-8H,9H2,1H3. The summed E-state index contributed by atoms with van der Waals surface area (Å²) < 4.78 is 11.0. The first-order chi connectivity index (χ1) is 11.6. The van der Waals surface area contributed by atoms with Crippen LogP contribution in [0.1, 0.15) is 5.56 Å². The van der Waals surface area contributed by atoms with Gasteiger partial charge in [-0.1, -0.05) is 17.3 Å². The average molecular weight is 328 g/mol. The molecule has 0 amide bonds. The molecule has 2 aromatic heterocycles. The molecule has 0 fully saturated rings. The Morgan fingerprint density at radius 3 is 2.83 bits per heavy atom. The van der Waals surface area contributed by atoms with E-state index in [4.69, 9.17) is 9.26 Å². The molecule has 24 heavy (non-hydrogen) atoms. The molecule has 0 saturated heterocycles. The summed E-state index contributed by atoms with van der Waals surface area (Å²) in [6, 6.07) is 9.58. The van der Waals surface area contributed by atoms with Crippen LogP contribution in [-0.2, 0) is 6.54 Å². The highest BCUT2D eigenvalue weighted by Gasteiger charge is 2.18. The Morgan fingerprint density at radius 1 is 1.33 bits per heavy atom. The molecule has 3 aromatic rings. The van der Waals surface area contributed by atoms with E-state index in [-0.39, 0.29) is 23.8 Å². The van der Waals surface area contributed by atoms with Crippen LogP contribution >= 0.6 is 0 Å². The van der Waals surface area contributed by atoms with E-state index in [9.17, 15) is 14.9 Å². The maximum Gasteiger partial charge on any atom is 0.442 e. The summed E-state index contributed by atoms with van der Waals surface area (Å²) in [7, 11) is 1.34. The summed E-state index contributed by atoms with van der Waals surface area (Å²) >= 11 is 0. The molecule has 9 heteroatoms. The van der Waals surface area contributed by atoms with Gasteiger partial charge in [0.05, 0.1) is 18.6 Å². The number of ether oxygens (including phenoxy) is 1. The van der Waals surface area contributed by atoms with Crippen molar-refractivity contribution in [1.82, 2.24) is 14.7 Å². The molecule has 3 rings (SSSR count). The van der Waals surface area contributed by atoms with E-state index in [1.54, 1.807) is 30.5 Å². The van der Waals surface area contributed by atoms with Gasteiger partial charge in [-0.05, 0) is 23.8 Å². The molecule has 9 nitrogen and oxygen atoms in total. The fraction of sp³-hybridized carbons (Fsp3) is 0.133. The van der Waals surface area contributed by atoms with E-state index < -0.39 is 10.7 Å². The van der Waals surface area contributed by atoms with Crippen LogP contribution in [-0.4, -0.2) is 26.7 Å². The van der Waals surface area contributed by atoms with Crippen LogP contribution in [0, 0.1) is 10.1 Å². The van der Waals surface area contributed by atoms with Gasteiger partial charge in [-0.3, -0.25) is 24.2 Å². The largest absolute Gasteiger partial charge is 0.490 e. The van der Waals surface area contributed by atoms with Crippen molar-refractivity contribution in [3.63, 3.8) is 0 Å². The summed E-state index contributed by atoms with van der Waals surface area (Å²) in [5.41, 5.74) is 0.959. The Hall–Kier alpha value is -3.49. The predicted octanol–water partition coefficient (Wildman–Crippen LogP) is 1.86. The predicted molar refractivity (Wildman–Crippen MR) is 82.7 cm³/mol. The van der Waals surface area contributed by atoms with Gasteiger partial charge in [-0.25, -0.2) is 4.79 Å². The lowest BCUT2D eigenvalue weighted by molar-refractivity contribution is -0.385. The number of nitro benzene ring substituents is 1. The minimum atomic E-state index is -0.645. The first kappa shape index (κ1) is 15.4. The summed E-state index contributed by atoms with van der Waals surface area (Å²) in [6.45, 7) is 0.114. The zero-order valence-electron chi connectivity index (χ0n) is 12.6. The van der Waals surface area contributed by atoms with E-state index in [2.05, 4.69) is 10.1 Å². The van der Waals surface area contributed by atoms with Crippen LogP contribution in [0.15, 0.2) is 51.9 Å². The van der Waals surface area contributed by atoms with E-state index in [0.29, 0.717) is 11.3 Å². The second kappa shape index (κ2) is 6.32. The quantitative estimate of drug-likeness (QED) is 0.519.